The van der Waals surface area contributed by atoms with Crippen LogP contribution in [-0.4, -0.2) is 25.5 Å². The molecule has 22 heavy (non-hydrogen) atoms. The van der Waals surface area contributed by atoms with E-state index in [0.29, 0.717) is 13.0 Å². The maximum absolute atomic E-state index is 10.3. The number of fused-ring (bicyclic) bond motifs is 1. The van der Waals surface area contributed by atoms with Crippen molar-refractivity contribution in [3.8, 4) is 0 Å². The van der Waals surface area contributed by atoms with Crippen LogP contribution in [0, 0.1) is 0 Å². The SMILES string of the molecule is CC(CC(O)c1ccccc1)NCc1cnc2cnccn12. The van der Waals surface area contributed by atoms with Crippen LogP contribution in [0.5, 0.6) is 0 Å². The third kappa shape index (κ3) is 3.32. The average molecular weight is 296 g/mol. The smallest absolute Gasteiger partial charge is 0.155 e. The normalized spacial score (nSPS) is 14.1. The average Bonchev–Trinajstić information content (AvgIpc) is 2.97. The van der Waals surface area contributed by atoms with Crippen LogP contribution in [-0.2, 0) is 6.54 Å². The Morgan fingerprint density at radius 2 is 2.05 bits per heavy atom. The first kappa shape index (κ1) is 14.7. The molecule has 2 N–H and O–H groups in total. The van der Waals surface area contributed by atoms with Gasteiger partial charge in [0.05, 0.1) is 24.2 Å². The summed E-state index contributed by atoms with van der Waals surface area (Å²) in [6.45, 7) is 2.78. The molecule has 0 bridgehead atoms. The standard InChI is InChI=1S/C17H20N4O/c1-13(9-16(22)14-5-3-2-4-6-14)19-10-15-11-20-17-12-18-7-8-21(15)17/h2-8,11-13,16,19,22H,9-10H2,1H3. The van der Waals surface area contributed by atoms with Crippen molar-refractivity contribution in [2.24, 2.45) is 0 Å². The van der Waals surface area contributed by atoms with Crippen LogP contribution < -0.4 is 5.32 Å². The fraction of sp³-hybridized carbons (Fsp3) is 0.294. The quantitative estimate of drug-likeness (QED) is 0.733. The van der Waals surface area contributed by atoms with E-state index in [9.17, 15) is 5.11 Å². The van der Waals surface area contributed by atoms with Gasteiger partial charge < -0.3 is 10.4 Å². The Balaban J connectivity index is 1.57. The number of aromatic nitrogens is 3. The van der Waals surface area contributed by atoms with Gasteiger partial charge >= 0.3 is 0 Å². The molecule has 5 nitrogen and oxygen atoms in total. The van der Waals surface area contributed by atoms with Gasteiger partial charge in [0.25, 0.3) is 0 Å². The third-order valence-electron chi connectivity index (χ3n) is 3.79. The van der Waals surface area contributed by atoms with Gasteiger partial charge in [-0.15, -0.1) is 0 Å². The third-order valence-corrected chi connectivity index (χ3v) is 3.79. The van der Waals surface area contributed by atoms with Crippen LogP contribution in [0.1, 0.15) is 30.7 Å². The summed E-state index contributed by atoms with van der Waals surface area (Å²) >= 11 is 0. The summed E-state index contributed by atoms with van der Waals surface area (Å²) in [7, 11) is 0. The fourth-order valence-corrected chi connectivity index (χ4v) is 2.53. The minimum atomic E-state index is -0.449. The van der Waals surface area contributed by atoms with E-state index in [1.54, 1.807) is 12.4 Å². The minimum absolute atomic E-state index is 0.197. The number of nitrogens with zero attached hydrogens (tertiary/aromatic N) is 3. The molecule has 2 aromatic heterocycles. The van der Waals surface area contributed by atoms with Crippen LogP contribution in [0.15, 0.2) is 55.1 Å². The largest absolute Gasteiger partial charge is 0.388 e. The topological polar surface area (TPSA) is 62.5 Å². The fourth-order valence-electron chi connectivity index (χ4n) is 2.53. The molecule has 0 aliphatic heterocycles. The number of rotatable bonds is 6. The molecule has 0 radical (unpaired) electrons. The van der Waals surface area contributed by atoms with E-state index in [4.69, 9.17) is 0 Å². The van der Waals surface area contributed by atoms with Gasteiger partial charge in [0, 0.05) is 25.0 Å². The van der Waals surface area contributed by atoms with Gasteiger partial charge in [0.2, 0.25) is 0 Å². The molecule has 3 aromatic rings. The van der Waals surface area contributed by atoms with Gasteiger partial charge in [0.15, 0.2) is 5.65 Å². The van der Waals surface area contributed by atoms with Crippen LogP contribution >= 0.6 is 0 Å². The second-order valence-corrected chi connectivity index (χ2v) is 5.50. The van der Waals surface area contributed by atoms with Crippen molar-refractivity contribution in [3.05, 3.63) is 66.4 Å². The molecule has 114 valence electrons. The van der Waals surface area contributed by atoms with E-state index in [0.717, 1.165) is 16.9 Å². The molecule has 2 unspecified atom stereocenters. The highest BCUT2D eigenvalue weighted by Crippen LogP contribution is 2.17. The number of imidazole rings is 1. The lowest BCUT2D eigenvalue weighted by atomic mass is 10.0. The Labute approximate surface area is 129 Å². The number of aliphatic hydroxyl groups excluding tert-OH is 1. The molecule has 0 aliphatic rings. The molecule has 1 aromatic carbocycles. The van der Waals surface area contributed by atoms with E-state index in [2.05, 4.69) is 22.2 Å². The van der Waals surface area contributed by atoms with Crippen molar-refractivity contribution < 1.29 is 5.11 Å². The Kier molecular flexibility index (Phi) is 4.46. The Morgan fingerprint density at radius 1 is 1.23 bits per heavy atom. The summed E-state index contributed by atoms with van der Waals surface area (Å²) in [5.41, 5.74) is 2.88. The first-order valence-corrected chi connectivity index (χ1v) is 7.46. The molecule has 0 saturated heterocycles. The predicted octanol–water partition coefficient (Wildman–Crippen LogP) is 2.33. The van der Waals surface area contributed by atoms with Gasteiger partial charge in [-0.1, -0.05) is 30.3 Å². The number of nitrogens with one attached hydrogen (secondary N) is 1. The van der Waals surface area contributed by atoms with Crippen molar-refractivity contribution in [3.63, 3.8) is 0 Å². The number of hydrogen-bond acceptors (Lipinski definition) is 4. The molecule has 3 rings (SSSR count). The zero-order valence-electron chi connectivity index (χ0n) is 12.6. The lowest BCUT2D eigenvalue weighted by Crippen LogP contribution is -2.27. The molecule has 0 amide bonds. The second kappa shape index (κ2) is 6.68. The molecular formula is C17H20N4O. The van der Waals surface area contributed by atoms with Gasteiger partial charge in [-0.2, -0.15) is 0 Å². The maximum atomic E-state index is 10.3. The van der Waals surface area contributed by atoms with Gasteiger partial charge in [0.1, 0.15) is 0 Å². The van der Waals surface area contributed by atoms with E-state index >= 15 is 0 Å². The maximum Gasteiger partial charge on any atom is 0.155 e. The molecule has 0 saturated carbocycles. The Bertz CT molecular complexity index is 726. The molecule has 5 heteroatoms. The molecule has 2 heterocycles. The highest BCUT2D eigenvalue weighted by Gasteiger charge is 2.12. The zero-order valence-corrected chi connectivity index (χ0v) is 12.6. The molecule has 0 aliphatic carbocycles. The van der Waals surface area contributed by atoms with Crippen molar-refractivity contribution in [1.29, 1.82) is 0 Å². The van der Waals surface area contributed by atoms with E-state index in [1.165, 1.54) is 0 Å². The van der Waals surface area contributed by atoms with Crippen LogP contribution in [0.2, 0.25) is 0 Å². The van der Waals surface area contributed by atoms with Crippen LogP contribution in [0.3, 0.4) is 0 Å². The number of hydrogen-bond donors (Lipinski definition) is 2. The van der Waals surface area contributed by atoms with Crippen LogP contribution in [0.25, 0.3) is 5.65 Å². The monoisotopic (exact) mass is 296 g/mol. The van der Waals surface area contributed by atoms with Gasteiger partial charge in [-0.25, -0.2) is 4.98 Å². The highest BCUT2D eigenvalue weighted by molar-refractivity contribution is 5.36. The predicted molar refractivity (Wildman–Crippen MR) is 85.3 cm³/mol. The van der Waals surface area contributed by atoms with Gasteiger partial charge in [-0.3, -0.25) is 9.38 Å². The summed E-state index contributed by atoms with van der Waals surface area (Å²) < 4.78 is 2.01. The summed E-state index contributed by atoms with van der Waals surface area (Å²) in [6, 6.07) is 9.95. The summed E-state index contributed by atoms with van der Waals surface area (Å²) in [4.78, 5) is 8.37. The molecular weight excluding hydrogens is 276 g/mol. The summed E-state index contributed by atoms with van der Waals surface area (Å²) in [5.74, 6) is 0. The van der Waals surface area contributed by atoms with E-state index < -0.39 is 6.10 Å². The Hall–Kier alpha value is -2.24. The molecule has 2 atom stereocenters. The highest BCUT2D eigenvalue weighted by atomic mass is 16.3. The van der Waals surface area contributed by atoms with Crippen molar-refractivity contribution in [2.75, 3.05) is 0 Å². The van der Waals surface area contributed by atoms with Gasteiger partial charge in [-0.05, 0) is 18.9 Å². The second-order valence-electron chi connectivity index (χ2n) is 5.50. The first-order chi connectivity index (χ1) is 10.7. The Morgan fingerprint density at radius 3 is 2.86 bits per heavy atom. The van der Waals surface area contributed by atoms with Crippen molar-refractivity contribution >= 4 is 5.65 Å². The van der Waals surface area contributed by atoms with E-state index in [1.807, 2.05) is 47.1 Å². The van der Waals surface area contributed by atoms with Crippen molar-refractivity contribution in [1.82, 2.24) is 19.7 Å². The summed E-state index contributed by atoms with van der Waals surface area (Å²) in [5, 5.41) is 13.7. The lowest BCUT2D eigenvalue weighted by molar-refractivity contribution is 0.153. The molecule has 0 fully saturated rings. The van der Waals surface area contributed by atoms with E-state index in [-0.39, 0.29) is 6.04 Å². The number of benzene rings is 1. The summed E-state index contributed by atoms with van der Waals surface area (Å²) in [6.07, 6.45) is 7.47. The first-order valence-electron chi connectivity index (χ1n) is 7.46. The molecule has 0 spiro atoms. The van der Waals surface area contributed by atoms with Crippen molar-refractivity contribution in [2.45, 2.75) is 32.0 Å². The zero-order chi connectivity index (χ0) is 15.4. The number of aliphatic hydroxyl groups is 1. The lowest BCUT2D eigenvalue weighted by Gasteiger charge is -2.18. The minimum Gasteiger partial charge on any atom is -0.388 e. The van der Waals surface area contributed by atoms with Crippen LogP contribution in [0.4, 0.5) is 0 Å².